The summed E-state index contributed by atoms with van der Waals surface area (Å²) < 4.78 is 4.03. The van der Waals surface area contributed by atoms with E-state index in [1.165, 1.54) is 34.2 Å². The maximum atomic E-state index is 2.69. The monoisotopic (exact) mass is 718 g/mol. The van der Waals surface area contributed by atoms with Crippen LogP contribution in [0.15, 0.2) is 87.2 Å². The Bertz CT molecular complexity index is 1570. The minimum Gasteiger partial charge on any atom is -1.00 e. The number of hydrogen-bond donors (Lipinski definition) is 0. The quantitative estimate of drug-likeness (QED) is 0.309. The zero-order valence-electron chi connectivity index (χ0n) is 29.8. The average Bonchev–Trinajstić information content (AvgIpc) is 3.48. The summed E-state index contributed by atoms with van der Waals surface area (Å²) >= 11 is -2.62. The van der Waals surface area contributed by atoms with Crippen LogP contribution in [0.5, 0.6) is 0 Å². The largest absolute Gasteiger partial charge is 1.00 e. The van der Waals surface area contributed by atoms with Gasteiger partial charge >= 0.3 is 272 Å². The molecule has 240 valence electrons. The van der Waals surface area contributed by atoms with E-state index in [9.17, 15) is 0 Å². The molecule has 3 aromatic carbocycles. The maximum absolute atomic E-state index is 2.69. The van der Waals surface area contributed by atoms with E-state index in [-0.39, 0.29) is 41.1 Å². The van der Waals surface area contributed by atoms with Crippen LogP contribution in [0.4, 0.5) is 0 Å². The second kappa shape index (κ2) is 13.9. The molecule has 3 heteroatoms. The van der Waals surface area contributed by atoms with Gasteiger partial charge in [0.05, 0.1) is 0 Å². The standard InChI is InChI=1S/C21H25.C13H21.C8H8.2ClH.Zr/c1-20(2,3)16-9-7-14-11-15-8-10-17(21(4,5)6)13-19(15)18(14)12-16;1-6-10-8-11(7-2)12(9-10)13(3,4)5;1-2-8-6-4-3-5-7-8;;;/h7-13H,1-6H3;9-10H,6-7H2,1-5H3;3-7H,1H3;2*1H;/q;;;;;+2/p-2. The van der Waals surface area contributed by atoms with Crippen LogP contribution in [0.1, 0.15) is 127 Å². The third-order valence-electron chi connectivity index (χ3n) is 9.93. The molecule has 2 aliphatic carbocycles. The molecule has 0 saturated carbocycles. The van der Waals surface area contributed by atoms with Crippen LogP contribution >= 0.6 is 0 Å². The molecule has 45 heavy (non-hydrogen) atoms. The van der Waals surface area contributed by atoms with Gasteiger partial charge in [0.25, 0.3) is 0 Å². The van der Waals surface area contributed by atoms with Gasteiger partial charge in [-0.25, -0.2) is 0 Å². The van der Waals surface area contributed by atoms with Crippen molar-refractivity contribution in [1.29, 1.82) is 0 Å². The predicted molar refractivity (Wildman–Crippen MR) is 186 cm³/mol. The Morgan fingerprint density at radius 3 is 1.56 bits per heavy atom. The van der Waals surface area contributed by atoms with E-state index in [4.69, 9.17) is 0 Å². The Labute approximate surface area is 295 Å². The molecule has 0 aromatic heterocycles. The van der Waals surface area contributed by atoms with Crippen LogP contribution in [0, 0.1) is 11.3 Å². The van der Waals surface area contributed by atoms with Gasteiger partial charge in [0.1, 0.15) is 0 Å². The average molecular weight is 721 g/mol. The van der Waals surface area contributed by atoms with Crippen molar-refractivity contribution in [2.24, 2.45) is 11.3 Å². The van der Waals surface area contributed by atoms with Crippen molar-refractivity contribution in [3.8, 4) is 11.1 Å². The Kier molecular flexibility index (Phi) is 11.7. The molecule has 0 radical (unpaired) electrons. The van der Waals surface area contributed by atoms with E-state index in [0.29, 0.717) is 9.54 Å². The Morgan fingerprint density at radius 1 is 0.667 bits per heavy atom. The molecule has 0 N–H and O–H groups in total. The third-order valence-corrected chi connectivity index (χ3v) is 18.7. The van der Waals surface area contributed by atoms with Crippen LogP contribution in [-0.2, 0) is 32.1 Å². The topological polar surface area (TPSA) is 0 Å². The van der Waals surface area contributed by atoms with Gasteiger partial charge in [-0.05, 0) is 0 Å². The van der Waals surface area contributed by atoms with Crippen LogP contribution in [0.3, 0.4) is 0 Å². The normalized spacial score (nSPS) is 16.8. The summed E-state index contributed by atoms with van der Waals surface area (Å²) in [6.07, 6.45) is 5.00. The zero-order chi connectivity index (χ0) is 31.5. The van der Waals surface area contributed by atoms with Gasteiger partial charge in [-0.1, -0.05) is 0 Å². The van der Waals surface area contributed by atoms with Gasteiger partial charge in [-0.2, -0.15) is 0 Å². The van der Waals surface area contributed by atoms with Gasteiger partial charge in [-0.15, -0.1) is 0 Å². The Morgan fingerprint density at radius 2 is 1.16 bits per heavy atom. The van der Waals surface area contributed by atoms with Crippen LogP contribution in [0.2, 0.25) is 0 Å². The first-order valence-corrected chi connectivity index (χ1v) is 20.5. The van der Waals surface area contributed by atoms with Gasteiger partial charge in [0.15, 0.2) is 0 Å². The Hall–Kier alpha value is -1.53. The number of allylic oxidation sites excluding steroid dienone is 4. The molecule has 5 rings (SSSR count). The predicted octanol–water partition coefficient (Wildman–Crippen LogP) is 5.89. The minimum absolute atomic E-state index is 0. The first-order chi connectivity index (χ1) is 20.1. The maximum Gasteiger partial charge on any atom is -1.00 e. The molecule has 0 bridgehead atoms. The summed E-state index contributed by atoms with van der Waals surface area (Å²) in [5.74, 6) is 0.549. The molecule has 0 fully saturated rings. The van der Waals surface area contributed by atoms with Gasteiger partial charge in [0, 0.05) is 0 Å². The van der Waals surface area contributed by atoms with Crippen molar-refractivity contribution in [2.75, 3.05) is 0 Å². The molecule has 0 aliphatic heterocycles. The Balaban J connectivity index is 0.00000276. The van der Waals surface area contributed by atoms with Gasteiger partial charge < -0.3 is 24.8 Å². The smallest absolute Gasteiger partial charge is 1.00 e. The van der Waals surface area contributed by atoms with E-state index in [1.807, 2.05) is 3.28 Å². The van der Waals surface area contributed by atoms with E-state index < -0.39 is 21.3 Å². The van der Waals surface area contributed by atoms with Crippen LogP contribution in [-0.4, -0.2) is 3.21 Å². The summed E-state index contributed by atoms with van der Waals surface area (Å²) in [4.78, 5) is 0. The second-order valence-corrected chi connectivity index (χ2v) is 22.7. The van der Waals surface area contributed by atoms with E-state index >= 15 is 0 Å². The summed E-state index contributed by atoms with van der Waals surface area (Å²) in [6.45, 7) is 28.7. The molecule has 0 heterocycles. The number of fused-ring (bicyclic) bond motifs is 3. The number of halogens is 2. The van der Waals surface area contributed by atoms with Crippen LogP contribution < -0.4 is 24.8 Å². The summed E-state index contributed by atoms with van der Waals surface area (Å²) in [5.41, 5.74) is 14.2. The zero-order valence-corrected chi connectivity index (χ0v) is 33.7. The first-order valence-electron chi connectivity index (χ1n) is 16.6. The van der Waals surface area contributed by atoms with Crippen molar-refractivity contribution in [2.45, 2.75) is 110 Å². The van der Waals surface area contributed by atoms with E-state index in [1.54, 1.807) is 25.5 Å². The molecular weight excluding hydrogens is 667 g/mol. The fraction of sp³-hybridized carbons (Fsp3) is 0.452. The SMILES string of the molecule is CCC1=[C](/[Zr+2](=[C](\C)c2ccccc2)[CH]2c3ccc(C(C)(C)C)cc3-c3cc(C(C)(C)C)ccc32)C(CC)C=C1C(C)(C)C.[Cl-].[Cl-]. The van der Waals surface area contributed by atoms with E-state index in [0.717, 1.165) is 6.42 Å². The van der Waals surface area contributed by atoms with E-state index in [2.05, 4.69) is 156 Å². The van der Waals surface area contributed by atoms with Crippen molar-refractivity contribution in [3.05, 3.63) is 115 Å². The second-order valence-electron chi connectivity index (χ2n) is 16.0. The molecule has 0 nitrogen and oxygen atoms in total. The molecule has 3 aromatic rings. The molecule has 1 atom stereocenters. The van der Waals surface area contributed by atoms with Crippen molar-refractivity contribution in [1.82, 2.24) is 0 Å². The van der Waals surface area contributed by atoms with Gasteiger partial charge in [0.2, 0.25) is 0 Å². The number of rotatable bonds is 5. The molecule has 1 unspecified atom stereocenters. The van der Waals surface area contributed by atoms with Crippen molar-refractivity contribution < 1.29 is 46.1 Å². The fourth-order valence-electron chi connectivity index (χ4n) is 7.43. The summed E-state index contributed by atoms with van der Waals surface area (Å²) in [6, 6.07) is 26.5. The number of hydrogen-bond acceptors (Lipinski definition) is 0. The van der Waals surface area contributed by atoms with Gasteiger partial charge in [-0.3, -0.25) is 0 Å². The molecule has 0 spiro atoms. The molecule has 2 aliphatic rings. The summed E-state index contributed by atoms with van der Waals surface area (Å²) in [5, 5.41) is 0. The van der Waals surface area contributed by atoms with Crippen molar-refractivity contribution in [3.63, 3.8) is 0 Å². The minimum atomic E-state index is -2.62. The van der Waals surface area contributed by atoms with Crippen molar-refractivity contribution >= 4 is 3.21 Å². The third kappa shape index (κ3) is 7.17. The molecule has 0 saturated heterocycles. The summed E-state index contributed by atoms with van der Waals surface area (Å²) in [7, 11) is 0. The molecule has 0 amide bonds. The van der Waals surface area contributed by atoms with Crippen LogP contribution in [0.25, 0.3) is 11.1 Å². The molecular formula is C42H54Cl2Zr. The number of benzene rings is 3. The fourth-order valence-corrected chi connectivity index (χ4v) is 17.4. The first kappa shape index (κ1) is 37.9.